The molecule has 0 amide bonds. The van der Waals surface area contributed by atoms with Gasteiger partial charge in [0.25, 0.3) is 0 Å². The van der Waals surface area contributed by atoms with Crippen LogP contribution >= 0.6 is 7.67 Å². The average Bonchev–Trinajstić information content (AvgIpc) is 3.46. The van der Waals surface area contributed by atoms with Gasteiger partial charge in [0.1, 0.15) is 48.9 Å². The van der Waals surface area contributed by atoms with Gasteiger partial charge < -0.3 is 34.7 Å². The van der Waals surface area contributed by atoms with Crippen LogP contribution in [0.2, 0.25) is 0 Å². The molecule has 46 heavy (non-hydrogen) atoms. The van der Waals surface area contributed by atoms with Gasteiger partial charge in [-0.1, -0.05) is 0 Å². The molecule has 17 heteroatoms. The zero-order valence-electron chi connectivity index (χ0n) is 27.7. The topological polar surface area (TPSA) is 233 Å². The van der Waals surface area contributed by atoms with E-state index < -0.39 is 72.5 Å². The van der Waals surface area contributed by atoms with Gasteiger partial charge in [-0.2, -0.15) is 10.4 Å². The number of aliphatic hydroxyl groups is 2. The Labute approximate surface area is 268 Å². The first-order valence-corrected chi connectivity index (χ1v) is 16.4. The molecular formula is C29H46N7O9P. The van der Waals surface area contributed by atoms with Gasteiger partial charge >= 0.3 is 19.6 Å². The highest BCUT2D eigenvalue weighted by atomic mass is 31.2. The molecule has 2 aromatic heterocycles. The van der Waals surface area contributed by atoms with E-state index in [9.17, 15) is 29.6 Å². The van der Waals surface area contributed by atoms with Crippen molar-refractivity contribution in [2.45, 2.75) is 97.8 Å². The highest BCUT2D eigenvalue weighted by Crippen LogP contribution is 2.49. The first-order valence-electron chi connectivity index (χ1n) is 14.8. The van der Waals surface area contributed by atoms with Gasteiger partial charge in [-0.05, 0) is 74.4 Å². The summed E-state index contributed by atoms with van der Waals surface area (Å²) in [7, 11) is -4.09. The predicted octanol–water partition coefficient (Wildman–Crippen LogP) is 1.80. The Balaban J connectivity index is 1.84. The number of hydrogen-bond acceptors (Lipinski definition) is 13. The number of aliphatic hydroxyl groups excluding tert-OH is 1. The molecule has 2 aromatic rings. The Morgan fingerprint density at radius 1 is 1.13 bits per heavy atom. The molecule has 1 aliphatic rings. The molecule has 0 saturated carbocycles. The number of nitrogens with zero attached hydrogens (tertiary/aromatic N) is 4. The molecule has 0 spiro atoms. The third-order valence-electron chi connectivity index (χ3n) is 7.32. The molecule has 6 atom stereocenters. The van der Waals surface area contributed by atoms with E-state index in [-0.39, 0.29) is 24.7 Å². The smallest absolute Gasteiger partial charge is 0.341 e. The fraction of sp³-hybridized carbons (Fsp3) is 0.690. The number of nitrogens with two attached hydrogens (primary N) is 1. The normalized spacial score (nSPS) is 25.2. The van der Waals surface area contributed by atoms with E-state index in [1.165, 1.54) is 23.8 Å². The Hall–Kier alpha value is -3.16. The largest absolute Gasteiger partial charge is 0.464 e. The molecule has 0 bridgehead atoms. The average molecular weight is 668 g/mol. The van der Waals surface area contributed by atoms with Crippen molar-refractivity contribution in [1.82, 2.24) is 24.8 Å². The van der Waals surface area contributed by atoms with Crippen LogP contribution in [0, 0.1) is 22.2 Å². The third kappa shape index (κ3) is 7.86. The number of nitriles is 1. The molecule has 0 radical (unpaired) electrons. The van der Waals surface area contributed by atoms with Gasteiger partial charge in [0.15, 0.2) is 5.82 Å². The molecule has 1 unspecified atom stereocenters. The van der Waals surface area contributed by atoms with Gasteiger partial charge in [0.05, 0.1) is 23.1 Å². The van der Waals surface area contributed by atoms with Crippen LogP contribution in [0.1, 0.15) is 68.0 Å². The van der Waals surface area contributed by atoms with E-state index in [2.05, 4.69) is 20.3 Å². The minimum atomic E-state index is -4.09. The summed E-state index contributed by atoms with van der Waals surface area (Å²) in [4.78, 5) is 28.5. The number of rotatable bonds is 12. The summed E-state index contributed by atoms with van der Waals surface area (Å²) < 4.78 is 38.0. The van der Waals surface area contributed by atoms with Gasteiger partial charge in [0, 0.05) is 12.1 Å². The number of fused-ring (bicyclic) bond motifs is 1. The summed E-state index contributed by atoms with van der Waals surface area (Å²) >= 11 is 0. The van der Waals surface area contributed by atoms with Crippen molar-refractivity contribution in [1.29, 1.82) is 5.26 Å². The minimum Gasteiger partial charge on any atom is -0.464 e. The van der Waals surface area contributed by atoms with Crippen molar-refractivity contribution in [3.05, 3.63) is 24.2 Å². The van der Waals surface area contributed by atoms with Crippen LogP contribution in [0.4, 0.5) is 5.82 Å². The summed E-state index contributed by atoms with van der Waals surface area (Å²) in [5, 5.41) is 42.8. The Bertz CT molecular complexity index is 1470. The SMILES string of the molecule is C[C@@H](COC(=O)C(C)(C)C)NP(=O)(N[C@@H](C)COC(=O)C(C)(C)C)OCC1O[C@@](C#N)(c2ccc3c(N)ncnn23)[C@](C)(O)[C@@H]1O. The maximum Gasteiger partial charge on any atom is 0.341 e. The second-order valence-electron chi connectivity index (χ2n) is 13.8. The zero-order chi connectivity index (χ0) is 34.9. The van der Waals surface area contributed by atoms with E-state index in [0.29, 0.717) is 5.52 Å². The fourth-order valence-electron chi connectivity index (χ4n) is 4.62. The molecule has 3 rings (SSSR count). The van der Waals surface area contributed by atoms with Crippen molar-refractivity contribution < 1.29 is 43.1 Å². The Morgan fingerprint density at radius 3 is 2.13 bits per heavy atom. The number of nitrogens with one attached hydrogen (secondary N) is 2. The van der Waals surface area contributed by atoms with E-state index in [1.807, 2.05) is 6.07 Å². The van der Waals surface area contributed by atoms with E-state index in [4.69, 9.17) is 24.5 Å². The van der Waals surface area contributed by atoms with Crippen LogP contribution in [0.5, 0.6) is 0 Å². The highest BCUT2D eigenvalue weighted by molar-refractivity contribution is 7.54. The van der Waals surface area contributed by atoms with Crippen molar-refractivity contribution in [3.63, 3.8) is 0 Å². The maximum absolute atomic E-state index is 14.2. The van der Waals surface area contributed by atoms with Crippen LogP contribution in [0.3, 0.4) is 0 Å². The molecule has 0 aromatic carbocycles. The number of nitrogen functional groups attached to an aromatic ring is 1. The van der Waals surface area contributed by atoms with E-state index >= 15 is 0 Å². The Morgan fingerprint density at radius 2 is 1.65 bits per heavy atom. The number of esters is 2. The lowest BCUT2D eigenvalue weighted by atomic mass is 9.80. The van der Waals surface area contributed by atoms with Crippen LogP contribution in [0.15, 0.2) is 18.5 Å². The van der Waals surface area contributed by atoms with Crippen LogP contribution in [0.25, 0.3) is 5.52 Å². The van der Waals surface area contributed by atoms with Gasteiger partial charge in [-0.3, -0.25) is 14.2 Å². The second kappa shape index (κ2) is 13.5. The van der Waals surface area contributed by atoms with Crippen LogP contribution in [-0.2, 0) is 38.5 Å². The quantitative estimate of drug-likeness (QED) is 0.160. The molecule has 3 heterocycles. The molecule has 256 valence electrons. The molecule has 0 aliphatic carbocycles. The van der Waals surface area contributed by atoms with Crippen LogP contribution < -0.4 is 15.9 Å². The fourth-order valence-corrected chi connectivity index (χ4v) is 6.51. The highest BCUT2D eigenvalue weighted by Gasteiger charge is 2.65. The van der Waals surface area contributed by atoms with Crippen molar-refractivity contribution in [2.75, 3.05) is 25.6 Å². The van der Waals surface area contributed by atoms with Crippen molar-refractivity contribution in [3.8, 4) is 6.07 Å². The summed E-state index contributed by atoms with van der Waals surface area (Å²) in [5.74, 6) is -0.806. The Kier molecular flexibility index (Phi) is 11.0. The number of aromatic nitrogens is 3. The van der Waals surface area contributed by atoms with Gasteiger partial charge in [-0.15, -0.1) is 0 Å². The van der Waals surface area contributed by atoms with Crippen molar-refractivity contribution >= 4 is 30.9 Å². The first kappa shape index (κ1) is 37.3. The number of anilines is 1. The minimum absolute atomic E-state index is 0.0775. The molecule has 16 nitrogen and oxygen atoms in total. The lowest BCUT2D eigenvalue weighted by Gasteiger charge is -2.33. The van der Waals surface area contributed by atoms with Gasteiger partial charge in [-0.25, -0.2) is 19.7 Å². The summed E-state index contributed by atoms with van der Waals surface area (Å²) in [6, 6.07) is 3.61. The molecular weight excluding hydrogens is 621 g/mol. The van der Waals surface area contributed by atoms with E-state index in [1.54, 1.807) is 61.5 Å². The monoisotopic (exact) mass is 667 g/mol. The maximum atomic E-state index is 14.2. The summed E-state index contributed by atoms with van der Waals surface area (Å²) in [6.07, 6.45) is -1.88. The lowest BCUT2D eigenvalue weighted by molar-refractivity contribution is -0.154. The number of hydrogen-bond donors (Lipinski definition) is 5. The number of carbonyl (C=O) groups excluding carboxylic acids is 2. The molecule has 6 N–H and O–H groups in total. The zero-order valence-corrected chi connectivity index (χ0v) is 28.6. The lowest BCUT2D eigenvalue weighted by Crippen LogP contribution is -2.52. The first-order chi connectivity index (χ1) is 21.1. The molecule has 1 aliphatic heterocycles. The van der Waals surface area contributed by atoms with Gasteiger partial charge in [0.2, 0.25) is 5.60 Å². The van der Waals surface area contributed by atoms with Crippen LogP contribution in [-0.4, -0.2) is 86.5 Å². The number of carbonyl (C=O) groups is 2. The second-order valence-corrected chi connectivity index (χ2v) is 15.7. The third-order valence-corrected chi connectivity index (χ3v) is 9.40. The standard InChI is InChI=1S/C29H46N7O9P/c1-17(12-42-24(38)26(3,4)5)34-46(41,35-18(2)13-43-25(39)27(6,7)8)44-14-20-22(37)28(9,40)29(15-30,45-20)21-11-10-19-23(31)32-16-33-36(19)21/h10-11,16-18,20,22,37,40H,12-14H2,1-9H3,(H2,31,32,33)(H2,34,35,41)/t17-,18-,20?,22+,28+,29-/m0/s1. The predicted molar refractivity (Wildman–Crippen MR) is 166 cm³/mol. The number of ether oxygens (including phenoxy) is 3. The van der Waals surface area contributed by atoms with Crippen molar-refractivity contribution in [2.24, 2.45) is 10.8 Å². The molecule has 1 saturated heterocycles. The molecule has 1 fully saturated rings. The summed E-state index contributed by atoms with van der Waals surface area (Å²) in [6.45, 7) is 13.8. The van der Waals surface area contributed by atoms with E-state index in [0.717, 1.165) is 0 Å². The summed E-state index contributed by atoms with van der Waals surface area (Å²) in [5.41, 5.74) is 0.503.